The molecule has 5 unspecified atom stereocenters. The van der Waals surface area contributed by atoms with E-state index in [0.29, 0.717) is 49.2 Å². The zero-order valence-electron chi connectivity index (χ0n) is 63.2. The highest BCUT2D eigenvalue weighted by atomic mass is 16.6. The number of nitriles is 1. The van der Waals surface area contributed by atoms with E-state index in [2.05, 4.69) is 234 Å². The third kappa shape index (κ3) is 16.8. The normalized spacial score (nSPS) is 19.2. The molecule has 0 N–H and O–H groups in total. The van der Waals surface area contributed by atoms with E-state index in [1.54, 1.807) is 47.4 Å². The van der Waals surface area contributed by atoms with E-state index in [-0.39, 0.29) is 43.7 Å². The summed E-state index contributed by atoms with van der Waals surface area (Å²) in [5.74, 6) is 3.64. The summed E-state index contributed by atoms with van der Waals surface area (Å²) in [4.78, 5) is 46.7. The lowest BCUT2D eigenvalue weighted by atomic mass is 9.76. The van der Waals surface area contributed by atoms with Gasteiger partial charge in [-0.1, -0.05) is 200 Å². The molecular weight excluding hydrogens is 1430 g/mol. The molecule has 12 aromatic rings. The maximum absolute atomic E-state index is 13.0. The van der Waals surface area contributed by atoms with Crippen molar-refractivity contribution >= 4 is 41.0 Å². The van der Waals surface area contributed by atoms with Crippen molar-refractivity contribution in [1.82, 2.24) is 4.90 Å². The number of epoxide rings is 2. The predicted molar refractivity (Wildman–Crippen MR) is 436 cm³/mol. The van der Waals surface area contributed by atoms with Gasteiger partial charge in [-0.25, -0.2) is 14.4 Å². The van der Waals surface area contributed by atoms with Crippen LogP contribution in [0.3, 0.4) is 0 Å². The first-order valence-electron chi connectivity index (χ1n) is 38.3. The molecule has 4 saturated heterocycles. The monoisotopic (exact) mass is 1510 g/mol. The van der Waals surface area contributed by atoms with Gasteiger partial charge in [-0.3, -0.25) is 4.90 Å². The Balaban J connectivity index is 0.000000148. The summed E-state index contributed by atoms with van der Waals surface area (Å²) >= 11 is 0. The Labute approximate surface area is 663 Å². The Kier molecular flexibility index (Phi) is 22.3. The molecule has 0 spiro atoms. The third-order valence-corrected chi connectivity index (χ3v) is 21.4. The molecule has 4 fully saturated rings. The second kappa shape index (κ2) is 34.0. The molecule has 0 saturated carbocycles. The molecule has 114 heavy (non-hydrogen) atoms. The van der Waals surface area contributed by atoms with Gasteiger partial charge in [0.05, 0.1) is 32.0 Å². The van der Waals surface area contributed by atoms with Crippen LogP contribution in [0.1, 0.15) is 72.3 Å². The van der Waals surface area contributed by atoms with Crippen molar-refractivity contribution in [2.45, 2.75) is 68.3 Å². The number of carbonyl (C=O) groups is 2. The lowest BCUT2D eigenvalue weighted by Crippen LogP contribution is -2.43. The number of ether oxygens (including phenoxy) is 9. The van der Waals surface area contributed by atoms with Gasteiger partial charge in [0.1, 0.15) is 78.5 Å². The number of hydrogen-bond acceptors (Lipinski definition) is 16. The Morgan fingerprint density at radius 3 is 1.17 bits per heavy atom. The average molecular weight is 1510 g/mol. The van der Waals surface area contributed by atoms with Crippen LogP contribution >= 0.6 is 0 Å². The summed E-state index contributed by atoms with van der Waals surface area (Å²) in [5, 5.41) is 8.39. The molecule has 18 heteroatoms. The summed E-state index contributed by atoms with van der Waals surface area (Å²) in [5.41, 5.74) is 18.0. The first-order chi connectivity index (χ1) is 55.9. The average Bonchev–Trinajstić information content (AvgIpc) is 1.53. The Bertz CT molecular complexity index is 5310. The zero-order chi connectivity index (χ0) is 77.8. The van der Waals surface area contributed by atoms with Gasteiger partial charge in [0.2, 0.25) is 6.08 Å². The van der Waals surface area contributed by atoms with Crippen LogP contribution in [-0.4, -0.2) is 107 Å². The fraction of sp³-hybridized carbons (Fsp3) is 0.208. The fourth-order valence-electron chi connectivity index (χ4n) is 15.5. The molecule has 2 amide bonds. The molecule has 18 nitrogen and oxygen atoms in total. The smallest absolute Gasteiger partial charge is 0.414 e. The van der Waals surface area contributed by atoms with Crippen LogP contribution in [0.5, 0.6) is 28.7 Å². The maximum atomic E-state index is 13.0. The molecule has 6 aliphatic rings. The van der Waals surface area contributed by atoms with Crippen LogP contribution in [0, 0.1) is 18.4 Å². The second-order valence-electron chi connectivity index (χ2n) is 29.0. The summed E-state index contributed by atoms with van der Waals surface area (Å²) < 4.78 is 50.8. The van der Waals surface area contributed by atoms with Gasteiger partial charge in [0.25, 0.3) is 6.26 Å². The van der Waals surface area contributed by atoms with Gasteiger partial charge in [-0.15, -0.1) is 5.26 Å². The molecule has 5 atom stereocenters. The number of rotatable bonds is 25. The Morgan fingerprint density at radius 2 is 0.772 bits per heavy atom. The molecule has 6 aliphatic heterocycles. The molecule has 6 heterocycles. The number of fused-ring (bicyclic) bond motifs is 2. The van der Waals surface area contributed by atoms with Crippen molar-refractivity contribution in [3.63, 3.8) is 0 Å². The molecular formula is C96H84N6O12. The molecule has 0 radical (unpaired) electrons. The van der Waals surface area contributed by atoms with Gasteiger partial charge in [0, 0.05) is 37.2 Å². The number of likely N-dealkylation sites (N-methyl/N-ethyl adjacent to an activating group) is 1. The minimum absolute atomic E-state index is 0.230. The molecule has 0 aromatic heterocycles. The van der Waals surface area contributed by atoms with Crippen molar-refractivity contribution in [2.24, 2.45) is 4.99 Å². The van der Waals surface area contributed by atoms with Crippen LogP contribution in [0.2, 0.25) is 0 Å². The minimum Gasteiger partial charge on any atom is -0.491 e. The highest BCUT2D eigenvalue weighted by Crippen LogP contribution is 2.53. The number of isocyanates is 1. The van der Waals surface area contributed by atoms with E-state index in [1.165, 1.54) is 61.8 Å². The molecule has 18 rings (SSSR count). The van der Waals surface area contributed by atoms with Gasteiger partial charge in [-0.2, -0.15) is 4.99 Å². The van der Waals surface area contributed by atoms with E-state index in [1.807, 2.05) is 66.7 Å². The Hall–Kier alpha value is -13.4. The van der Waals surface area contributed by atoms with Crippen molar-refractivity contribution < 1.29 is 57.0 Å². The number of carbonyl (C=O) groups excluding carboxylic acids is 3. The number of nitrogens with zero attached hydrogens (tertiary/aromatic N) is 6. The van der Waals surface area contributed by atoms with Crippen molar-refractivity contribution in [2.75, 3.05) is 74.5 Å². The molecule has 0 aliphatic carbocycles. The molecule has 570 valence electrons. The number of aliphatic imine (C=N–C) groups is 1. The number of anilines is 3. The van der Waals surface area contributed by atoms with Crippen molar-refractivity contribution in [3.8, 4) is 35.0 Å². The van der Waals surface area contributed by atoms with Gasteiger partial charge in [0.15, 0.2) is 12.2 Å². The van der Waals surface area contributed by atoms with Gasteiger partial charge >= 0.3 is 12.2 Å². The van der Waals surface area contributed by atoms with Crippen LogP contribution in [0.4, 0.5) is 32.3 Å². The minimum atomic E-state index is -0.671. The number of cyclic esters (lactones) is 2. The number of amides is 2. The number of benzene rings is 12. The highest BCUT2D eigenvalue weighted by Gasteiger charge is 2.50. The summed E-state index contributed by atoms with van der Waals surface area (Å²) in [6, 6.07) is 104. The first kappa shape index (κ1) is 74.7. The van der Waals surface area contributed by atoms with Gasteiger partial charge in [-0.05, 0) is 196 Å². The van der Waals surface area contributed by atoms with Crippen molar-refractivity contribution in [1.29, 1.82) is 5.26 Å². The van der Waals surface area contributed by atoms with Gasteiger partial charge < -0.3 is 57.3 Å². The lowest BCUT2D eigenvalue weighted by Gasteiger charge is -2.42. The van der Waals surface area contributed by atoms with E-state index in [4.69, 9.17) is 47.9 Å². The van der Waals surface area contributed by atoms with E-state index in [0.717, 1.165) is 84.3 Å². The lowest BCUT2D eigenvalue weighted by molar-refractivity contribution is 0.103. The second-order valence-corrected chi connectivity index (χ2v) is 29.0. The standard InChI is InChI=1S/C49H45N3O6.C32H29NO4.C15H10N2O2/c1-34-12-14-35(15-13-34)28-36-16-22-40(23-17-36)51-31-45(58-48(51)54)33-56-43-26-20-39(21-27-43)49(38-18-24-42(25-19-38)55-32-44-30-50(2)47(53)57-44)46-11-7-6-8-37(46)29-52(49)41-9-4-3-5-10-41;1-2-7-26(8-3-1)33-18-23-6-4-5-9-31(23)32(33,24-10-14-27(15-11-24)34-19-29-21-36-29)25-12-16-28(17-13-25)35-20-30-22-37-30;16-10-19-15-7-3-13(4-8-15)9-12-1-5-14(6-2-12)17-11-18/h3-27,44-45H,28-33H2,1-2H3;1-17,29-30H,18-22H2;1-8H,9H2. The first-order valence-corrected chi connectivity index (χ1v) is 38.3. The number of para-hydroxylation sites is 2. The SMILES string of the molecule is Cc1ccc(Cc2ccc(N3CC(COc4ccc(C5(c6ccc(OCC7CN(C)C(=O)O7)cc6)c6ccccc6CN5c5ccccc5)cc4)OC3=O)cc2)cc1.N#COc1ccc(Cc2ccc(N=C=O)cc2)cc1.c1ccc(N2Cc3ccccc3C2(c2ccc(OCC3CO3)cc2)c2ccc(OCC3CO3)cc2)cc1. The summed E-state index contributed by atoms with van der Waals surface area (Å²) in [6.45, 7) is 7.80. The maximum Gasteiger partial charge on any atom is 0.414 e. The number of hydrogen-bond donors (Lipinski definition) is 0. The Morgan fingerprint density at radius 1 is 0.412 bits per heavy atom. The third-order valence-electron chi connectivity index (χ3n) is 21.4. The summed E-state index contributed by atoms with van der Waals surface area (Å²) in [7, 11) is 1.72. The largest absolute Gasteiger partial charge is 0.491 e. The number of aryl methyl sites for hydroxylation is 1. The van der Waals surface area contributed by atoms with Crippen LogP contribution in [-0.2, 0) is 60.8 Å². The highest BCUT2D eigenvalue weighted by molar-refractivity contribution is 5.89. The van der Waals surface area contributed by atoms with Crippen LogP contribution in [0.15, 0.2) is 308 Å². The topological polar surface area (TPSA) is 190 Å². The molecule has 0 bridgehead atoms. The summed E-state index contributed by atoms with van der Waals surface area (Å²) in [6.07, 6.45) is 3.76. The van der Waals surface area contributed by atoms with E-state index in [9.17, 15) is 14.4 Å². The van der Waals surface area contributed by atoms with Crippen molar-refractivity contribution in [3.05, 3.63) is 376 Å². The van der Waals surface area contributed by atoms with E-state index >= 15 is 0 Å². The zero-order valence-corrected chi connectivity index (χ0v) is 63.2. The van der Waals surface area contributed by atoms with E-state index < -0.39 is 17.2 Å². The predicted octanol–water partition coefficient (Wildman–Crippen LogP) is 17.8. The molecule has 12 aromatic carbocycles. The van der Waals surface area contributed by atoms with Crippen LogP contribution in [0.25, 0.3) is 0 Å². The van der Waals surface area contributed by atoms with Crippen LogP contribution < -0.4 is 38.4 Å². The quantitative estimate of drug-likeness (QED) is 0.0227. The fourth-order valence-corrected chi connectivity index (χ4v) is 15.5.